The first-order valence-electron chi connectivity index (χ1n) is 7.72. The minimum Gasteiger partial charge on any atom is -0.496 e. The highest BCUT2D eigenvalue weighted by atomic mass is 127. The Bertz CT molecular complexity index is 778. The zero-order chi connectivity index (χ0) is 19.3. The quantitative estimate of drug-likeness (QED) is 0.431. The van der Waals surface area contributed by atoms with E-state index in [1.54, 1.807) is 39.5 Å². The zero-order valence-corrected chi connectivity index (χ0v) is 17.5. The molecule has 140 valence electrons. The van der Waals surface area contributed by atoms with Crippen LogP contribution in [0.25, 0.3) is 0 Å². The van der Waals surface area contributed by atoms with Gasteiger partial charge in [-0.1, -0.05) is 0 Å². The van der Waals surface area contributed by atoms with E-state index in [1.807, 2.05) is 6.07 Å². The number of ether oxygens (including phenoxy) is 5. The van der Waals surface area contributed by atoms with Gasteiger partial charge in [0, 0.05) is 22.1 Å². The van der Waals surface area contributed by atoms with Crippen molar-refractivity contribution >= 4 is 28.4 Å². The van der Waals surface area contributed by atoms with Gasteiger partial charge in [0.05, 0.1) is 35.5 Å². The Morgan fingerprint density at radius 1 is 0.769 bits per heavy atom. The van der Waals surface area contributed by atoms with Crippen LogP contribution in [0.2, 0.25) is 0 Å². The van der Waals surface area contributed by atoms with Crippen molar-refractivity contribution in [1.29, 1.82) is 0 Å². The average molecular weight is 472 g/mol. The fraction of sp³-hybridized carbons (Fsp3) is 0.316. The highest BCUT2D eigenvalue weighted by Gasteiger charge is 2.22. The van der Waals surface area contributed by atoms with Crippen molar-refractivity contribution in [2.45, 2.75) is 6.42 Å². The summed E-state index contributed by atoms with van der Waals surface area (Å²) in [5.41, 5.74) is 1.20. The van der Waals surface area contributed by atoms with Gasteiger partial charge in [0.25, 0.3) is 0 Å². The van der Waals surface area contributed by atoms with Gasteiger partial charge in [-0.25, -0.2) is 0 Å². The van der Waals surface area contributed by atoms with Crippen LogP contribution in [0, 0.1) is 3.57 Å². The van der Waals surface area contributed by atoms with E-state index in [4.69, 9.17) is 23.7 Å². The van der Waals surface area contributed by atoms with Gasteiger partial charge in [-0.2, -0.15) is 0 Å². The number of carbonyl (C=O) groups excluding carboxylic acids is 1. The van der Waals surface area contributed by atoms with Gasteiger partial charge in [0.2, 0.25) is 0 Å². The molecule has 26 heavy (non-hydrogen) atoms. The Kier molecular flexibility index (Phi) is 6.96. The molecule has 0 amide bonds. The summed E-state index contributed by atoms with van der Waals surface area (Å²) in [5.74, 6) is 2.42. The largest absolute Gasteiger partial charge is 0.496 e. The molecule has 0 aliphatic heterocycles. The average Bonchev–Trinajstić information content (AvgIpc) is 2.67. The summed E-state index contributed by atoms with van der Waals surface area (Å²) in [6, 6.07) is 6.97. The Morgan fingerprint density at radius 2 is 1.27 bits per heavy atom. The second-order valence-corrected chi connectivity index (χ2v) is 6.47. The van der Waals surface area contributed by atoms with Gasteiger partial charge in [-0.3, -0.25) is 4.79 Å². The molecule has 0 aliphatic carbocycles. The highest BCUT2D eigenvalue weighted by Crippen LogP contribution is 2.36. The topological polar surface area (TPSA) is 63.2 Å². The molecule has 0 aromatic heterocycles. The summed E-state index contributed by atoms with van der Waals surface area (Å²) < 4.78 is 27.5. The molecule has 0 saturated heterocycles. The Balaban J connectivity index is 2.45. The van der Waals surface area contributed by atoms with E-state index in [2.05, 4.69) is 22.6 Å². The number of halogens is 1. The molecule has 0 spiro atoms. The molecule has 0 heterocycles. The number of hydrogen-bond acceptors (Lipinski definition) is 6. The summed E-state index contributed by atoms with van der Waals surface area (Å²) in [6.45, 7) is 0. The van der Waals surface area contributed by atoms with Crippen LogP contribution in [0.15, 0.2) is 24.3 Å². The van der Waals surface area contributed by atoms with Crippen LogP contribution in [0.3, 0.4) is 0 Å². The molecule has 0 saturated carbocycles. The zero-order valence-electron chi connectivity index (χ0n) is 15.3. The van der Waals surface area contributed by atoms with Gasteiger partial charge in [0.1, 0.15) is 22.8 Å². The second-order valence-electron chi connectivity index (χ2n) is 5.31. The van der Waals surface area contributed by atoms with Crippen molar-refractivity contribution in [3.05, 3.63) is 39.0 Å². The smallest absolute Gasteiger partial charge is 0.174 e. The van der Waals surface area contributed by atoms with Gasteiger partial charge in [-0.15, -0.1) is 0 Å². The number of ketones is 1. The van der Waals surface area contributed by atoms with Gasteiger partial charge >= 0.3 is 0 Å². The standard InChI is InChI=1S/C19H21IO6/c1-22-12-8-17(25-4)19(18(9-12)26-5)14(21)6-11-7-15(23-2)16(24-3)10-13(11)20/h7-10H,6H2,1-5H3. The van der Waals surface area contributed by atoms with E-state index in [9.17, 15) is 4.79 Å². The molecule has 0 bridgehead atoms. The Labute approximate surface area is 166 Å². The predicted molar refractivity (Wildman–Crippen MR) is 106 cm³/mol. The second kappa shape index (κ2) is 8.98. The van der Waals surface area contributed by atoms with Crippen molar-refractivity contribution in [1.82, 2.24) is 0 Å². The summed E-state index contributed by atoms with van der Waals surface area (Å²) in [5, 5.41) is 0. The number of rotatable bonds is 8. The van der Waals surface area contributed by atoms with Crippen molar-refractivity contribution in [3.63, 3.8) is 0 Å². The third-order valence-corrected chi connectivity index (χ3v) is 4.90. The maximum atomic E-state index is 13.0. The lowest BCUT2D eigenvalue weighted by molar-refractivity contribution is 0.0986. The third-order valence-electron chi connectivity index (χ3n) is 3.90. The number of benzene rings is 2. The van der Waals surface area contributed by atoms with Crippen LogP contribution in [0.4, 0.5) is 0 Å². The molecule has 7 heteroatoms. The number of methoxy groups -OCH3 is 5. The number of Topliss-reactive ketones (excluding diaryl/α,β-unsaturated/α-hetero) is 1. The van der Waals surface area contributed by atoms with E-state index >= 15 is 0 Å². The Hall–Kier alpha value is -2.16. The van der Waals surface area contributed by atoms with Gasteiger partial charge < -0.3 is 23.7 Å². The minimum atomic E-state index is -0.133. The third kappa shape index (κ3) is 4.14. The van der Waals surface area contributed by atoms with Crippen molar-refractivity contribution in [3.8, 4) is 28.7 Å². The predicted octanol–water partition coefficient (Wildman–Crippen LogP) is 3.76. The molecule has 0 unspecified atom stereocenters. The van der Waals surface area contributed by atoms with E-state index in [0.29, 0.717) is 34.3 Å². The lowest BCUT2D eigenvalue weighted by Gasteiger charge is -2.15. The van der Waals surface area contributed by atoms with Crippen LogP contribution in [-0.4, -0.2) is 41.3 Å². The molecular weight excluding hydrogens is 451 g/mol. The maximum absolute atomic E-state index is 13.0. The first kappa shape index (κ1) is 20.2. The number of hydrogen-bond donors (Lipinski definition) is 0. The fourth-order valence-corrected chi connectivity index (χ4v) is 3.20. The van der Waals surface area contributed by atoms with E-state index in [0.717, 1.165) is 9.13 Å². The van der Waals surface area contributed by atoms with Crippen molar-refractivity contribution < 1.29 is 28.5 Å². The molecule has 2 aromatic rings. The molecular formula is C19H21IO6. The summed E-state index contributed by atoms with van der Waals surface area (Å²) in [7, 11) is 7.69. The van der Waals surface area contributed by atoms with Gasteiger partial charge in [-0.05, 0) is 40.3 Å². The molecule has 0 atom stereocenters. The SMILES string of the molecule is COc1cc(OC)c(C(=O)Cc2cc(OC)c(OC)cc2I)c(OC)c1. The minimum absolute atomic E-state index is 0.133. The van der Waals surface area contributed by atoms with Crippen LogP contribution < -0.4 is 23.7 Å². The van der Waals surface area contributed by atoms with Crippen LogP contribution in [-0.2, 0) is 6.42 Å². The van der Waals surface area contributed by atoms with E-state index in [-0.39, 0.29) is 12.2 Å². The number of carbonyl (C=O) groups is 1. The van der Waals surface area contributed by atoms with E-state index < -0.39 is 0 Å². The maximum Gasteiger partial charge on any atom is 0.174 e. The van der Waals surface area contributed by atoms with Crippen molar-refractivity contribution in [2.75, 3.05) is 35.5 Å². The molecule has 0 aliphatic rings. The Morgan fingerprint density at radius 3 is 1.73 bits per heavy atom. The normalized spacial score (nSPS) is 10.2. The molecule has 0 N–H and O–H groups in total. The van der Waals surface area contributed by atoms with Crippen LogP contribution in [0.5, 0.6) is 28.7 Å². The van der Waals surface area contributed by atoms with E-state index in [1.165, 1.54) is 14.2 Å². The molecule has 2 aromatic carbocycles. The van der Waals surface area contributed by atoms with Crippen LogP contribution >= 0.6 is 22.6 Å². The lowest BCUT2D eigenvalue weighted by Crippen LogP contribution is -2.10. The summed E-state index contributed by atoms with van der Waals surface area (Å²) in [6.07, 6.45) is 0.164. The molecule has 6 nitrogen and oxygen atoms in total. The highest BCUT2D eigenvalue weighted by molar-refractivity contribution is 14.1. The van der Waals surface area contributed by atoms with Crippen LogP contribution in [0.1, 0.15) is 15.9 Å². The van der Waals surface area contributed by atoms with Crippen molar-refractivity contribution in [2.24, 2.45) is 0 Å². The lowest BCUT2D eigenvalue weighted by atomic mass is 10.0. The molecule has 2 rings (SSSR count). The monoisotopic (exact) mass is 472 g/mol. The molecule has 0 radical (unpaired) electrons. The fourth-order valence-electron chi connectivity index (χ4n) is 2.57. The first-order valence-corrected chi connectivity index (χ1v) is 8.80. The first-order chi connectivity index (χ1) is 12.5. The molecule has 0 fully saturated rings. The summed E-state index contributed by atoms with van der Waals surface area (Å²) >= 11 is 2.17. The summed E-state index contributed by atoms with van der Waals surface area (Å²) in [4.78, 5) is 13.0. The van der Waals surface area contributed by atoms with Gasteiger partial charge in [0.15, 0.2) is 17.3 Å².